The summed E-state index contributed by atoms with van der Waals surface area (Å²) in [7, 11) is 3.38. The van der Waals surface area contributed by atoms with Crippen LogP contribution in [0.1, 0.15) is 23.6 Å². The van der Waals surface area contributed by atoms with Crippen molar-refractivity contribution < 1.29 is 14.3 Å². The van der Waals surface area contributed by atoms with E-state index in [0.717, 1.165) is 28.1 Å². The largest absolute Gasteiger partial charge is 0.497 e. The summed E-state index contributed by atoms with van der Waals surface area (Å²) in [6.07, 6.45) is 0. The number of benzene rings is 2. The van der Waals surface area contributed by atoms with Crippen molar-refractivity contribution in [3.63, 3.8) is 0 Å². The minimum Gasteiger partial charge on any atom is -0.497 e. The van der Waals surface area contributed by atoms with Gasteiger partial charge in [0.2, 0.25) is 11.8 Å². The first-order valence-corrected chi connectivity index (χ1v) is 9.28. The molecular formula is C22H29N3O3. The van der Waals surface area contributed by atoms with Crippen LogP contribution in [0.5, 0.6) is 5.75 Å². The molecule has 0 radical (unpaired) electrons. The van der Waals surface area contributed by atoms with Crippen molar-refractivity contribution in [1.29, 1.82) is 0 Å². The van der Waals surface area contributed by atoms with Crippen LogP contribution in [0.4, 0.5) is 5.69 Å². The molecule has 0 aliphatic heterocycles. The van der Waals surface area contributed by atoms with Crippen LogP contribution in [0.25, 0.3) is 0 Å². The van der Waals surface area contributed by atoms with Crippen LogP contribution in [0.15, 0.2) is 42.5 Å². The van der Waals surface area contributed by atoms with Crippen molar-refractivity contribution >= 4 is 17.5 Å². The van der Waals surface area contributed by atoms with E-state index in [1.807, 2.05) is 56.3 Å². The molecule has 2 N–H and O–H groups in total. The van der Waals surface area contributed by atoms with Gasteiger partial charge in [-0.1, -0.05) is 24.3 Å². The molecule has 0 fully saturated rings. The Balaban J connectivity index is 1.84. The fourth-order valence-electron chi connectivity index (χ4n) is 2.72. The topological polar surface area (TPSA) is 70.7 Å². The first-order chi connectivity index (χ1) is 13.3. The number of aryl methyl sites for hydroxylation is 1. The number of amides is 2. The zero-order valence-electron chi connectivity index (χ0n) is 17.2. The molecule has 2 aromatic carbocycles. The van der Waals surface area contributed by atoms with E-state index < -0.39 is 6.04 Å². The standard InChI is InChI=1S/C22H29N3O3/c1-15-7-6-8-20(16(15)2)24-21(26)14-25(4)17(3)22(27)23-13-18-9-11-19(28-5)12-10-18/h6-12,17H,13-14H2,1-5H3,(H,23,27)(H,24,26). The van der Waals surface area contributed by atoms with Gasteiger partial charge in [-0.3, -0.25) is 14.5 Å². The molecule has 0 spiro atoms. The molecule has 150 valence electrons. The number of methoxy groups -OCH3 is 1. The monoisotopic (exact) mass is 383 g/mol. The summed E-state index contributed by atoms with van der Waals surface area (Å²) in [5, 5.41) is 5.82. The Morgan fingerprint density at radius 1 is 1.11 bits per heavy atom. The zero-order chi connectivity index (χ0) is 20.7. The van der Waals surface area contributed by atoms with Crippen LogP contribution in [0.3, 0.4) is 0 Å². The van der Waals surface area contributed by atoms with Gasteiger partial charge in [0.05, 0.1) is 19.7 Å². The summed E-state index contributed by atoms with van der Waals surface area (Å²) < 4.78 is 5.13. The van der Waals surface area contributed by atoms with E-state index >= 15 is 0 Å². The molecule has 0 bridgehead atoms. The first kappa shape index (κ1) is 21.4. The molecule has 2 amide bonds. The number of nitrogens with one attached hydrogen (secondary N) is 2. The fraction of sp³-hybridized carbons (Fsp3) is 0.364. The van der Waals surface area contributed by atoms with Gasteiger partial charge >= 0.3 is 0 Å². The maximum absolute atomic E-state index is 12.4. The SMILES string of the molecule is COc1ccc(CNC(=O)C(C)N(C)CC(=O)Nc2cccc(C)c2C)cc1. The van der Waals surface area contributed by atoms with Crippen molar-refractivity contribution in [1.82, 2.24) is 10.2 Å². The van der Waals surface area contributed by atoms with Gasteiger partial charge in [-0.15, -0.1) is 0 Å². The number of ether oxygens (including phenoxy) is 1. The Labute approximate surface area is 166 Å². The lowest BCUT2D eigenvalue weighted by atomic mass is 10.1. The summed E-state index contributed by atoms with van der Waals surface area (Å²) in [6.45, 7) is 6.32. The molecule has 0 aromatic heterocycles. The predicted molar refractivity (Wildman–Crippen MR) is 111 cm³/mol. The van der Waals surface area contributed by atoms with Gasteiger partial charge in [0.15, 0.2) is 0 Å². The van der Waals surface area contributed by atoms with Crippen molar-refractivity contribution in [3.05, 3.63) is 59.2 Å². The highest BCUT2D eigenvalue weighted by Gasteiger charge is 2.20. The molecule has 0 saturated carbocycles. The number of carbonyl (C=O) groups is 2. The summed E-state index contributed by atoms with van der Waals surface area (Å²) in [5.41, 5.74) is 3.95. The molecule has 6 heteroatoms. The Bertz CT molecular complexity index is 818. The molecule has 0 heterocycles. The molecule has 6 nitrogen and oxygen atoms in total. The van der Waals surface area contributed by atoms with Gasteiger partial charge in [0, 0.05) is 12.2 Å². The molecule has 0 saturated heterocycles. The minimum absolute atomic E-state index is 0.127. The third kappa shape index (κ3) is 5.82. The number of hydrogen-bond donors (Lipinski definition) is 2. The highest BCUT2D eigenvalue weighted by molar-refractivity contribution is 5.93. The molecule has 1 unspecified atom stereocenters. The van der Waals surface area contributed by atoms with Crippen LogP contribution in [0.2, 0.25) is 0 Å². The van der Waals surface area contributed by atoms with Crippen molar-refractivity contribution in [2.45, 2.75) is 33.4 Å². The van der Waals surface area contributed by atoms with E-state index in [9.17, 15) is 9.59 Å². The van der Waals surface area contributed by atoms with Gasteiger partial charge < -0.3 is 15.4 Å². The Hall–Kier alpha value is -2.86. The van der Waals surface area contributed by atoms with Crippen LogP contribution in [-0.2, 0) is 16.1 Å². The van der Waals surface area contributed by atoms with Gasteiger partial charge in [0.1, 0.15) is 5.75 Å². The van der Waals surface area contributed by atoms with E-state index in [4.69, 9.17) is 4.74 Å². The lowest BCUT2D eigenvalue weighted by molar-refractivity contribution is -0.126. The lowest BCUT2D eigenvalue weighted by Gasteiger charge is -2.23. The minimum atomic E-state index is -0.428. The second-order valence-corrected chi connectivity index (χ2v) is 6.95. The van der Waals surface area contributed by atoms with Crippen LogP contribution >= 0.6 is 0 Å². The van der Waals surface area contributed by atoms with E-state index in [1.165, 1.54) is 0 Å². The number of nitrogens with zero attached hydrogens (tertiary/aromatic N) is 1. The summed E-state index contributed by atoms with van der Waals surface area (Å²) in [5.74, 6) is 0.502. The maximum Gasteiger partial charge on any atom is 0.238 e. The molecule has 2 rings (SSSR count). The third-order valence-electron chi connectivity index (χ3n) is 4.94. The average Bonchev–Trinajstić information content (AvgIpc) is 2.69. The number of rotatable bonds is 8. The highest BCUT2D eigenvalue weighted by Crippen LogP contribution is 2.18. The van der Waals surface area contributed by atoms with E-state index in [0.29, 0.717) is 6.54 Å². The Morgan fingerprint density at radius 2 is 1.79 bits per heavy atom. The summed E-state index contributed by atoms with van der Waals surface area (Å²) in [6, 6.07) is 12.9. The van der Waals surface area contributed by atoms with E-state index in [1.54, 1.807) is 26.0 Å². The zero-order valence-corrected chi connectivity index (χ0v) is 17.2. The lowest BCUT2D eigenvalue weighted by Crippen LogP contribution is -2.45. The first-order valence-electron chi connectivity index (χ1n) is 9.28. The highest BCUT2D eigenvalue weighted by atomic mass is 16.5. The van der Waals surface area contributed by atoms with Gasteiger partial charge in [-0.2, -0.15) is 0 Å². The predicted octanol–water partition coefficient (Wildman–Crippen LogP) is 2.89. The normalized spacial score (nSPS) is 11.8. The third-order valence-corrected chi connectivity index (χ3v) is 4.94. The molecule has 28 heavy (non-hydrogen) atoms. The van der Waals surface area contributed by atoms with Crippen molar-refractivity contribution in [2.75, 3.05) is 26.0 Å². The molecule has 1 atom stereocenters. The average molecular weight is 383 g/mol. The molecule has 0 aliphatic carbocycles. The Morgan fingerprint density at radius 3 is 2.43 bits per heavy atom. The second kappa shape index (κ2) is 9.90. The van der Waals surface area contributed by atoms with Gasteiger partial charge in [-0.25, -0.2) is 0 Å². The van der Waals surface area contributed by atoms with Crippen LogP contribution in [-0.4, -0.2) is 43.5 Å². The van der Waals surface area contributed by atoms with Crippen molar-refractivity contribution in [2.24, 2.45) is 0 Å². The number of likely N-dealkylation sites (N-methyl/N-ethyl adjacent to an activating group) is 1. The number of carbonyl (C=O) groups excluding carboxylic acids is 2. The fourth-order valence-corrected chi connectivity index (χ4v) is 2.72. The quantitative estimate of drug-likeness (QED) is 0.735. The smallest absolute Gasteiger partial charge is 0.238 e. The van der Waals surface area contributed by atoms with Crippen molar-refractivity contribution in [3.8, 4) is 5.75 Å². The maximum atomic E-state index is 12.4. The number of anilines is 1. The molecular weight excluding hydrogens is 354 g/mol. The van der Waals surface area contributed by atoms with Gasteiger partial charge in [0.25, 0.3) is 0 Å². The van der Waals surface area contributed by atoms with E-state index in [2.05, 4.69) is 10.6 Å². The molecule has 0 aliphatic rings. The summed E-state index contributed by atoms with van der Waals surface area (Å²) in [4.78, 5) is 26.5. The number of hydrogen-bond acceptors (Lipinski definition) is 4. The van der Waals surface area contributed by atoms with Crippen LogP contribution in [0, 0.1) is 13.8 Å². The summed E-state index contributed by atoms with van der Waals surface area (Å²) >= 11 is 0. The van der Waals surface area contributed by atoms with Crippen LogP contribution < -0.4 is 15.4 Å². The molecule has 2 aromatic rings. The second-order valence-electron chi connectivity index (χ2n) is 6.95. The van der Waals surface area contributed by atoms with Gasteiger partial charge in [-0.05, 0) is 62.7 Å². The Kier molecular flexibility index (Phi) is 7.58. The van der Waals surface area contributed by atoms with E-state index in [-0.39, 0.29) is 18.4 Å².